The highest BCUT2D eigenvalue weighted by atomic mass is 16.6. The molecule has 0 aliphatic rings. The van der Waals surface area contributed by atoms with Gasteiger partial charge in [-0.15, -0.1) is 0 Å². The van der Waals surface area contributed by atoms with Crippen LogP contribution in [0, 0.1) is 0 Å². The van der Waals surface area contributed by atoms with E-state index in [0.717, 1.165) is 11.1 Å². The molecule has 0 unspecified atom stereocenters. The van der Waals surface area contributed by atoms with Crippen molar-refractivity contribution >= 4 is 11.9 Å². The lowest BCUT2D eigenvalue weighted by Gasteiger charge is -2.17. The summed E-state index contributed by atoms with van der Waals surface area (Å²) in [5.41, 5.74) is 1.45. The summed E-state index contributed by atoms with van der Waals surface area (Å²) < 4.78 is 5.05. The molecule has 0 fully saturated rings. The Morgan fingerprint density at radius 1 is 0.842 bits per heavy atom. The van der Waals surface area contributed by atoms with Crippen LogP contribution in [0.1, 0.15) is 17.2 Å². The zero-order chi connectivity index (χ0) is 13.7. The Kier molecular flexibility index (Phi) is 3.93. The monoisotopic (exact) mass is 256 g/mol. The zero-order valence-corrected chi connectivity index (χ0v) is 10.0. The first kappa shape index (κ1) is 12.8. The molecular weight excluding hydrogens is 244 g/mol. The molecule has 0 aromatic heterocycles. The third kappa shape index (κ3) is 3.19. The molecule has 2 aromatic carbocycles. The van der Waals surface area contributed by atoms with E-state index < -0.39 is 18.0 Å². The third-order valence-corrected chi connectivity index (χ3v) is 2.60. The van der Waals surface area contributed by atoms with Gasteiger partial charge in [-0.05, 0) is 11.1 Å². The molecule has 4 nitrogen and oxygen atoms in total. The first-order valence-corrected chi connectivity index (χ1v) is 5.72. The number of esters is 1. The number of hydrogen-bond donors (Lipinski definition) is 1. The number of carboxylic acid groups (broad SMARTS) is 1. The number of carbonyl (C=O) groups is 2. The Hall–Kier alpha value is -2.62. The average molecular weight is 256 g/mol. The Balaban J connectivity index is 2.34. The predicted molar refractivity (Wildman–Crippen MR) is 68.5 cm³/mol. The van der Waals surface area contributed by atoms with Gasteiger partial charge in [-0.3, -0.25) is 0 Å². The lowest BCUT2D eigenvalue weighted by molar-refractivity contribution is -0.166. The smallest absolute Gasteiger partial charge is 0.418 e. The predicted octanol–water partition coefficient (Wildman–Crippen LogP) is 2.40. The number of rotatable bonds is 3. The number of carboxylic acids is 1. The van der Waals surface area contributed by atoms with Crippen LogP contribution in [-0.4, -0.2) is 17.0 Å². The van der Waals surface area contributed by atoms with Crippen LogP contribution < -0.4 is 0 Å². The van der Waals surface area contributed by atoms with E-state index in [2.05, 4.69) is 0 Å². The van der Waals surface area contributed by atoms with Gasteiger partial charge in [0.25, 0.3) is 0 Å². The fourth-order valence-electron chi connectivity index (χ4n) is 1.74. The van der Waals surface area contributed by atoms with E-state index >= 15 is 0 Å². The molecule has 0 atom stereocenters. The highest BCUT2D eigenvalue weighted by Gasteiger charge is 2.22. The van der Waals surface area contributed by atoms with E-state index in [9.17, 15) is 9.59 Å². The maximum atomic E-state index is 11.3. The van der Waals surface area contributed by atoms with Gasteiger partial charge >= 0.3 is 11.9 Å². The standard InChI is InChI=1S/C15H12O4/c16-14(17)15(18)19-13(11-7-3-1-4-8-11)12-9-5-2-6-10-12/h1-10,13H,(H,16,17). The normalized spacial score (nSPS) is 10.2. The maximum Gasteiger partial charge on any atom is 0.418 e. The molecule has 96 valence electrons. The second kappa shape index (κ2) is 5.82. The summed E-state index contributed by atoms with van der Waals surface area (Å²) >= 11 is 0. The molecule has 0 radical (unpaired) electrons. The van der Waals surface area contributed by atoms with Crippen molar-refractivity contribution in [1.82, 2.24) is 0 Å². The third-order valence-electron chi connectivity index (χ3n) is 2.60. The van der Waals surface area contributed by atoms with E-state index in [1.54, 1.807) is 48.5 Å². The van der Waals surface area contributed by atoms with Gasteiger partial charge in [-0.2, -0.15) is 0 Å². The number of benzene rings is 2. The summed E-state index contributed by atoms with van der Waals surface area (Å²) in [5.74, 6) is -2.87. The molecular formula is C15H12O4. The maximum absolute atomic E-state index is 11.3. The number of hydrogen-bond acceptors (Lipinski definition) is 3. The number of ether oxygens (including phenoxy) is 1. The molecule has 1 N–H and O–H groups in total. The van der Waals surface area contributed by atoms with Gasteiger partial charge in [0.05, 0.1) is 0 Å². The van der Waals surface area contributed by atoms with Crippen molar-refractivity contribution in [1.29, 1.82) is 0 Å². The van der Waals surface area contributed by atoms with Crippen LogP contribution in [0.2, 0.25) is 0 Å². The Morgan fingerprint density at radius 3 is 1.63 bits per heavy atom. The van der Waals surface area contributed by atoms with Crippen LogP contribution in [0.3, 0.4) is 0 Å². The van der Waals surface area contributed by atoms with Crippen molar-refractivity contribution in [3.63, 3.8) is 0 Å². The van der Waals surface area contributed by atoms with Crippen molar-refractivity contribution in [2.45, 2.75) is 6.10 Å². The van der Waals surface area contributed by atoms with Crippen molar-refractivity contribution < 1.29 is 19.4 Å². The Morgan fingerprint density at radius 2 is 1.26 bits per heavy atom. The fraction of sp³-hybridized carbons (Fsp3) is 0.0667. The van der Waals surface area contributed by atoms with Crippen LogP contribution in [0.5, 0.6) is 0 Å². The highest BCUT2D eigenvalue weighted by Crippen LogP contribution is 2.25. The van der Waals surface area contributed by atoms with Crippen LogP contribution in [0.15, 0.2) is 60.7 Å². The summed E-state index contributed by atoms with van der Waals surface area (Å²) in [7, 11) is 0. The Labute approximate surface area is 110 Å². The van der Waals surface area contributed by atoms with Gasteiger partial charge in [-0.25, -0.2) is 9.59 Å². The molecule has 0 aliphatic carbocycles. The van der Waals surface area contributed by atoms with Gasteiger partial charge in [0.15, 0.2) is 6.10 Å². The topological polar surface area (TPSA) is 63.6 Å². The van der Waals surface area contributed by atoms with Crippen LogP contribution in [0.25, 0.3) is 0 Å². The molecule has 0 saturated carbocycles. The molecule has 2 rings (SSSR count). The lowest BCUT2D eigenvalue weighted by Crippen LogP contribution is -2.20. The summed E-state index contributed by atoms with van der Waals surface area (Å²) in [5, 5.41) is 8.65. The summed E-state index contributed by atoms with van der Waals surface area (Å²) in [6.07, 6.45) is -0.717. The molecule has 0 heterocycles. The first-order valence-electron chi connectivity index (χ1n) is 5.72. The van der Waals surface area contributed by atoms with Crippen LogP contribution >= 0.6 is 0 Å². The van der Waals surface area contributed by atoms with E-state index in [1.807, 2.05) is 12.1 Å². The quantitative estimate of drug-likeness (QED) is 0.676. The molecule has 2 aromatic rings. The first-order chi connectivity index (χ1) is 9.18. The molecule has 0 spiro atoms. The minimum atomic E-state index is -1.60. The van der Waals surface area contributed by atoms with E-state index in [-0.39, 0.29) is 0 Å². The lowest BCUT2D eigenvalue weighted by atomic mass is 10.0. The largest absolute Gasteiger partial charge is 0.473 e. The Bertz CT molecular complexity index is 524. The minimum Gasteiger partial charge on any atom is -0.473 e. The van der Waals surface area contributed by atoms with Gasteiger partial charge < -0.3 is 9.84 Å². The molecule has 0 bridgehead atoms. The minimum absolute atomic E-state index is 0.717. The van der Waals surface area contributed by atoms with Crippen LogP contribution in [-0.2, 0) is 14.3 Å². The number of carbonyl (C=O) groups excluding carboxylic acids is 1. The fourth-order valence-corrected chi connectivity index (χ4v) is 1.74. The van der Waals surface area contributed by atoms with Crippen molar-refractivity contribution in [2.24, 2.45) is 0 Å². The second-order valence-electron chi connectivity index (χ2n) is 3.91. The van der Waals surface area contributed by atoms with Gasteiger partial charge in [-0.1, -0.05) is 60.7 Å². The molecule has 19 heavy (non-hydrogen) atoms. The molecule has 4 heteroatoms. The van der Waals surface area contributed by atoms with Crippen molar-refractivity contribution in [3.8, 4) is 0 Å². The number of aliphatic carboxylic acids is 1. The summed E-state index contributed by atoms with van der Waals surface area (Å²) in [6, 6.07) is 18.0. The molecule has 0 aliphatic heterocycles. The van der Waals surface area contributed by atoms with E-state index in [0.29, 0.717) is 0 Å². The van der Waals surface area contributed by atoms with Gasteiger partial charge in [0.2, 0.25) is 0 Å². The van der Waals surface area contributed by atoms with Crippen LogP contribution in [0.4, 0.5) is 0 Å². The van der Waals surface area contributed by atoms with Gasteiger partial charge in [0, 0.05) is 0 Å². The molecule has 0 amide bonds. The zero-order valence-electron chi connectivity index (χ0n) is 10.0. The summed E-state index contributed by atoms with van der Waals surface area (Å²) in [4.78, 5) is 21.9. The van der Waals surface area contributed by atoms with Gasteiger partial charge in [0.1, 0.15) is 0 Å². The summed E-state index contributed by atoms with van der Waals surface area (Å²) in [6.45, 7) is 0. The van der Waals surface area contributed by atoms with Crippen molar-refractivity contribution in [2.75, 3.05) is 0 Å². The highest BCUT2D eigenvalue weighted by molar-refractivity contribution is 6.28. The SMILES string of the molecule is O=C(O)C(=O)OC(c1ccccc1)c1ccccc1. The van der Waals surface area contributed by atoms with E-state index in [1.165, 1.54) is 0 Å². The van der Waals surface area contributed by atoms with E-state index in [4.69, 9.17) is 9.84 Å². The second-order valence-corrected chi connectivity index (χ2v) is 3.91. The average Bonchev–Trinajstić information content (AvgIpc) is 2.46. The van der Waals surface area contributed by atoms with Crippen molar-refractivity contribution in [3.05, 3.63) is 71.8 Å². The molecule has 0 saturated heterocycles.